The predicted octanol–water partition coefficient (Wildman–Crippen LogP) is 6.64. The van der Waals surface area contributed by atoms with Gasteiger partial charge in [-0.25, -0.2) is 0 Å². The van der Waals surface area contributed by atoms with Crippen molar-refractivity contribution in [3.8, 4) is 16.9 Å². The molecule has 4 aromatic rings. The summed E-state index contributed by atoms with van der Waals surface area (Å²) in [6, 6.07) is 17.0. The van der Waals surface area contributed by atoms with Gasteiger partial charge in [-0.05, 0) is 54.3 Å². The van der Waals surface area contributed by atoms with Crippen molar-refractivity contribution in [2.75, 3.05) is 7.11 Å². The Balaban J connectivity index is 1.65. The van der Waals surface area contributed by atoms with Crippen LogP contribution in [0.1, 0.15) is 39.7 Å². The maximum absolute atomic E-state index is 12.5. The van der Waals surface area contributed by atoms with E-state index in [1.165, 1.54) is 21.4 Å². The average Bonchev–Trinajstić information content (AvgIpc) is 3.25. The Morgan fingerprint density at radius 3 is 2.48 bits per heavy atom. The molecule has 0 bridgehead atoms. The molecule has 2 aromatic carbocycles. The van der Waals surface area contributed by atoms with E-state index in [0.717, 1.165) is 33.8 Å². The molecule has 0 saturated heterocycles. The fourth-order valence-electron chi connectivity index (χ4n) is 3.85. The van der Waals surface area contributed by atoms with Gasteiger partial charge in [-0.2, -0.15) is 0 Å². The Morgan fingerprint density at radius 1 is 1.03 bits per heavy atom. The van der Waals surface area contributed by atoms with Crippen molar-refractivity contribution in [1.29, 1.82) is 0 Å². The zero-order chi connectivity index (χ0) is 20.5. The number of nitrogens with zero attached hydrogens (tertiary/aromatic N) is 1. The van der Waals surface area contributed by atoms with E-state index in [-0.39, 0.29) is 5.78 Å². The summed E-state index contributed by atoms with van der Waals surface area (Å²) in [6.07, 6.45) is 2.62. The van der Waals surface area contributed by atoms with Gasteiger partial charge in [0.05, 0.1) is 22.9 Å². The smallest absolute Gasteiger partial charge is 0.165 e. The summed E-state index contributed by atoms with van der Waals surface area (Å²) < 4.78 is 8.79. The predicted molar refractivity (Wildman–Crippen MR) is 121 cm³/mol. The van der Waals surface area contributed by atoms with E-state index in [9.17, 15) is 4.79 Å². The van der Waals surface area contributed by atoms with Crippen molar-refractivity contribution in [2.24, 2.45) is 0 Å². The maximum Gasteiger partial charge on any atom is 0.165 e. The minimum absolute atomic E-state index is 0.220. The van der Waals surface area contributed by atoms with E-state index in [2.05, 4.69) is 60.2 Å². The largest absolute Gasteiger partial charge is 0.497 e. The molecule has 3 nitrogen and oxygen atoms in total. The van der Waals surface area contributed by atoms with Crippen LogP contribution in [0.5, 0.6) is 5.75 Å². The molecule has 0 radical (unpaired) electrons. The van der Waals surface area contributed by atoms with Gasteiger partial charge in [-0.3, -0.25) is 4.79 Å². The Bertz CT molecular complexity index is 1180. The molecule has 2 aromatic heterocycles. The lowest BCUT2D eigenvalue weighted by Crippen LogP contribution is -2.03. The van der Waals surface area contributed by atoms with Crippen LogP contribution in [0.2, 0.25) is 0 Å². The minimum Gasteiger partial charge on any atom is -0.497 e. The van der Waals surface area contributed by atoms with Crippen LogP contribution in [-0.2, 0) is 6.54 Å². The second-order valence-corrected chi connectivity index (χ2v) is 8.66. The number of ketones is 1. The fourth-order valence-corrected chi connectivity index (χ4v) is 4.94. The number of aromatic nitrogens is 1. The van der Waals surface area contributed by atoms with Crippen LogP contribution in [0, 0.1) is 13.8 Å². The molecule has 0 aliphatic carbocycles. The minimum atomic E-state index is 0.220. The molecule has 2 heterocycles. The molecule has 0 aliphatic rings. The Hall–Kier alpha value is -2.85. The van der Waals surface area contributed by atoms with E-state index >= 15 is 0 Å². The highest BCUT2D eigenvalue weighted by molar-refractivity contribution is 7.19. The number of ether oxygens (including phenoxy) is 1. The van der Waals surface area contributed by atoms with E-state index in [1.54, 1.807) is 18.4 Å². The molecule has 148 valence electrons. The monoisotopic (exact) mass is 403 g/mol. The van der Waals surface area contributed by atoms with Gasteiger partial charge in [-0.15, -0.1) is 11.3 Å². The summed E-state index contributed by atoms with van der Waals surface area (Å²) in [6.45, 7) is 6.80. The zero-order valence-electron chi connectivity index (χ0n) is 17.3. The maximum atomic E-state index is 12.5. The SMILES string of the molecule is CCC(=O)c1c(C)sc2ccn(Cc3ccc(-c4cc(C)cc(OC)c4)cc3)c12. The van der Waals surface area contributed by atoms with Crippen LogP contribution in [-0.4, -0.2) is 17.5 Å². The topological polar surface area (TPSA) is 31.2 Å². The number of methoxy groups -OCH3 is 1. The van der Waals surface area contributed by atoms with Crippen LogP contribution < -0.4 is 4.74 Å². The Labute approximate surface area is 175 Å². The van der Waals surface area contributed by atoms with E-state index in [4.69, 9.17) is 4.74 Å². The second-order valence-electron chi connectivity index (χ2n) is 7.40. The number of thiophene rings is 1. The molecule has 0 N–H and O–H groups in total. The van der Waals surface area contributed by atoms with Gasteiger partial charge in [0.2, 0.25) is 0 Å². The first kappa shape index (κ1) is 19.5. The summed E-state index contributed by atoms with van der Waals surface area (Å²) in [5.41, 5.74) is 6.68. The lowest BCUT2D eigenvalue weighted by Gasteiger charge is -2.10. The zero-order valence-corrected chi connectivity index (χ0v) is 18.1. The summed E-state index contributed by atoms with van der Waals surface area (Å²) in [4.78, 5) is 13.6. The third kappa shape index (κ3) is 3.73. The van der Waals surface area contributed by atoms with Gasteiger partial charge in [0.25, 0.3) is 0 Å². The van der Waals surface area contributed by atoms with E-state index in [1.807, 2.05) is 19.9 Å². The summed E-state index contributed by atoms with van der Waals surface area (Å²) in [7, 11) is 1.70. The highest BCUT2D eigenvalue weighted by atomic mass is 32.1. The lowest BCUT2D eigenvalue weighted by molar-refractivity contribution is 0.0989. The molecule has 0 saturated carbocycles. The van der Waals surface area contributed by atoms with Crippen molar-refractivity contribution in [3.63, 3.8) is 0 Å². The number of fused-ring (bicyclic) bond motifs is 1. The lowest BCUT2D eigenvalue weighted by atomic mass is 10.0. The molecule has 0 spiro atoms. The van der Waals surface area contributed by atoms with Crippen LogP contribution in [0.25, 0.3) is 21.3 Å². The molecule has 0 amide bonds. The molecule has 0 aliphatic heterocycles. The van der Waals surface area contributed by atoms with Crippen molar-refractivity contribution < 1.29 is 9.53 Å². The standard InChI is InChI=1S/C25H25NO2S/c1-5-22(27)24-17(3)29-23-10-11-26(25(23)24)15-18-6-8-19(9-7-18)20-12-16(2)13-21(14-20)28-4/h6-14H,5,15H2,1-4H3. The van der Waals surface area contributed by atoms with Crippen molar-refractivity contribution in [1.82, 2.24) is 4.57 Å². The molecule has 4 rings (SSSR count). The molecule has 0 atom stereocenters. The fraction of sp³-hybridized carbons (Fsp3) is 0.240. The van der Waals surface area contributed by atoms with Crippen LogP contribution in [0.15, 0.2) is 54.7 Å². The number of aryl methyl sites for hydroxylation is 2. The van der Waals surface area contributed by atoms with Crippen LogP contribution in [0.4, 0.5) is 0 Å². The highest BCUT2D eigenvalue weighted by Crippen LogP contribution is 2.33. The quantitative estimate of drug-likeness (QED) is 0.338. The molecular formula is C25H25NO2S. The van der Waals surface area contributed by atoms with Crippen molar-refractivity contribution in [2.45, 2.75) is 33.7 Å². The van der Waals surface area contributed by atoms with Gasteiger partial charge < -0.3 is 9.30 Å². The Morgan fingerprint density at radius 2 is 1.79 bits per heavy atom. The summed E-state index contributed by atoms with van der Waals surface area (Å²) >= 11 is 1.70. The van der Waals surface area contributed by atoms with Gasteiger partial charge in [0.1, 0.15) is 5.75 Å². The number of Topliss-reactive ketones (excluding diaryl/α,β-unsaturated/α-hetero) is 1. The number of carbonyl (C=O) groups is 1. The van der Waals surface area contributed by atoms with E-state index in [0.29, 0.717) is 6.42 Å². The summed E-state index contributed by atoms with van der Waals surface area (Å²) in [5.74, 6) is 1.09. The number of carbonyl (C=O) groups excluding carboxylic acids is 1. The van der Waals surface area contributed by atoms with Crippen molar-refractivity contribution in [3.05, 3.63) is 76.3 Å². The number of benzene rings is 2. The number of hydrogen-bond acceptors (Lipinski definition) is 3. The average molecular weight is 404 g/mol. The molecule has 29 heavy (non-hydrogen) atoms. The summed E-state index contributed by atoms with van der Waals surface area (Å²) in [5, 5.41) is 0. The van der Waals surface area contributed by atoms with Crippen LogP contribution >= 0.6 is 11.3 Å². The first-order valence-corrected chi connectivity index (χ1v) is 10.7. The highest BCUT2D eigenvalue weighted by Gasteiger charge is 2.18. The third-order valence-electron chi connectivity index (χ3n) is 5.31. The normalized spacial score (nSPS) is 11.2. The number of hydrogen-bond donors (Lipinski definition) is 0. The van der Waals surface area contributed by atoms with Gasteiger partial charge in [-0.1, -0.05) is 37.3 Å². The molecule has 0 unspecified atom stereocenters. The molecule has 4 heteroatoms. The number of rotatable bonds is 6. The van der Waals surface area contributed by atoms with Gasteiger partial charge in [0.15, 0.2) is 5.78 Å². The third-order valence-corrected chi connectivity index (χ3v) is 6.36. The molecular weight excluding hydrogens is 378 g/mol. The first-order chi connectivity index (χ1) is 14.0. The van der Waals surface area contributed by atoms with Gasteiger partial charge in [0, 0.05) is 24.0 Å². The first-order valence-electron chi connectivity index (χ1n) is 9.86. The van der Waals surface area contributed by atoms with Gasteiger partial charge >= 0.3 is 0 Å². The van der Waals surface area contributed by atoms with Crippen molar-refractivity contribution >= 4 is 27.3 Å². The second kappa shape index (κ2) is 7.88. The Kier molecular flexibility index (Phi) is 5.29. The molecule has 0 fully saturated rings. The van der Waals surface area contributed by atoms with E-state index < -0.39 is 0 Å². The van der Waals surface area contributed by atoms with Crippen LogP contribution in [0.3, 0.4) is 0 Å².